The standard InChI is InChI=1S/C27H35BrN4O2/c1-32(2)24-15-27(31-23-8-6-5-7-21(23)24)30-20-11-9-18(10-12-20)16-29-17-19-13-25(33-3)26(34-4)14-22(19)28/h5-8,13-15,18,20,29H,9-12,16-17H2,1-4H3,(H,30,31). The number of hydrogen-bond acceptors (Lipinski definition) is 6. The van der Waals surface area contributed by atoms with E-state index in [1.807, 2.05) is 12.1 Å². The summed E-state index contributed by atoms with van der Waals surface area (Å²) in [5.74, 6) is 3.16. The summed E-state index contributed by atoms with van der Waals surface area (Å²) >= 11 is 3.65. The van der Waals surface area contributed by atoms with Crippen molar-refractivity contribution in [2.24, 2.45) is 5.92 Å². The molecule has 0 saturated heterocycles. The SMILES string of the molecule is COc1cc(Br)c(CNCC2CCC(Nc3cc(N(C)C)c4ccccc4n3)CC2)cc1OC. The van der Waals surface area contributed by atoms with Crippen LogP contribution in [0.2, 0.25) is 0 Å². The van der Waals surface area contributed by atoms with E-state index < -0.39 is 0 Å². The van der Waals surface area contributed by atoms with Crippen LogP contribution in [0, 0.1) is 5.92 Å². The van der Waals surface area contributed by atoms with Gasteiger partial charge in [-0.15, -0.1) is 0 Å². The smallest absolute Gasteiger partial charge is 0.161 e. The van der Waals surface area contributed by atoms with Crippen molar-refractivity contribution in [3.63, 3.8) is 0 Å². The maximum absolute atomic E-state index is 5.44. The fourth-order valence-electron chi connectivity index (χ4n) is 4.76. The second kappa shape index (κ2) is 11.3. The van der Waals surface area contributed by atoms with E-state index in [1.54, 1.807) is 14.2 Å². The number of anilines is 2. The topological polar surface area (TPSA) is 58.7 Å². The Morgan fingerprint density at radius 2 is 1.71 bits per heavy atom. The predicted molar refractivity (Wildman–Crippen MR) is 144 cm³/mol. The molecule has 1 heterocycles. The highest BCUT2D eigenvalue weighted by molar-refractivity contribution is 9.10. The molecule has 0 radical (unpaired) electrons. The Balaban J connectivity index is 1.29. The fraction of sp³-hybridized carbons (Fsp3) is 0.444. The molecule has 0 amide bonds. The van der Waals surface area contributed by atoms with E-state index in [0.29, 0.717) is 12.0 Å². The van der Waals surface area contributed by atoms with Crippen LogP contribution < -0.4 is 25.0 Å². The zero-order chi connectivity index (χ0) is 24.1. The van der Waals surface area contributed by atoms with E-state index in [1.165, 1.54) is 29.5 Å². The lowest BCUT2D eigenvalue weighted by Crippen LogP contribution is -2.31. The summed E-state index contributed by atoms with van der Waals surface area (Å²) in [6, 6.07) is 15.0. The van der Waals surface area contributed by atoms with Gasteiger partial charge < -0.3 is 25.0 Å². The van der Waals surface area contributed by atoms with Gasteiger partial charge in [0, 0.05) is 48.3 Å². The molecule has 0 spiro atoms. The van der Waals surface area contributed by atoms with Crippen LogP contribution in [0.4, 0.5) is 11.5 Å². The predicted octanol–water partition coefficient (Wildman–Crippen LogP) is 5.84. The van der Waals surface area contributed by atoms with Crippen molar-refractivity contribution in [1.82, 2.24) is 10.3 Å². The van der Waals surface area contributed by atoms with E-state index in [-0.39, 0.29) is 0 Å². The van der Waals surface area contributed by atoms with Crippen LogP contribution in [-0.4, -0.2) is 45.9 Å². The summed E-state index contributed by atoms with van der Waals surface area (Å²) in [6.45, 7) is 1.82. The summed E-state index contributed by atoms with van der Waals surface area (Å²) in [5.41, 5.74) is 3.41. The Morgan fingerprint density at radius 1 is 1.00 bits per heavy atom. The minimum atomic E-state index is 0.472. The highest BCUT2D eigenvalue weighted by Gasteiger charge is 2.22. The molecule has 0 atom stereocenters. The number of rotatable bonds is 9. The summed E-state index contributed by atoms with van der Waals surface area (Å²) in [6.07, 6.45) is 4.76. The van der Waals surface area contributed by atoms with Gasteiger partial charge in [0.1, 0.15) is 5.82 Å². The number of aromatic nitrogens is 1. The van der Waals surface area contributed by atoms with E-state index in [9.17, 15) is 0 Å². The molecule has 1 aromatic heterocycles. The quantitative estimate of drug-likeness (QED) is 0.365. The molecule has 1 fully saturated rings. The largest absolute Gasteiger partial charge is 0.493 e. The fourth-order valence-corrected chi connectivity index (χ4v) is 5.23. The molecule has 0 unspecified atom stereocenters. The second-order valence-corrected chi connectivity index (χ2v) is 10.1. The van der Waals surface area contributed by atoms with Gasteiger partial charge in [0.2, 0.25) is 0 Å². The maximum atomic E-state index is 5.44. The Morgan fingerprint density at radius 3 is 2.41 bits per heavy atom. The average molecular weight is 528 g/mol. The van der Waals surface area contributed by atoms with Gasteiger partial charge in [-0.1, -0.05) is 34.1 Å². The molecule has 0 bridgehead atoms. The van der Waals surface area contributed by atoms with Gasteiger partial charge in [0.15, 0.2) is 11.5 Å². The molecule has 6 nitrogen and oxygen atoms in total. The lowest BCUT2D eigenvalue weighted by atomic mass is 9.86. The third kappa shape index (κ3) is 5.76. The van der Waals surface area contributed by atoms with Crippen molar-refractivity contribution in [3.8, 4) is 11.5 Å². The minimum Gasteiger partial charge on any atom is -0.493 e. The molecule has 34 heavy (non-hydrogen) atoms. The molecule has 182 valence electrons. The first-order chi connectivity index (χ1) is 16.5. The number of fused-ring (bicyclic) bond motifs is 1. The van der Waals surface area contributed by atoms with Crippen molar-refractivity contribution in [2.45, 2.75) is 38.3 Å². The first kappa shape index (κ1) is 24.6. The third-order valence-corrected chi connectivity index (χ3v) is 7.41. The van der Waals surface area contributed by atoms with Crippen LogP contribution in [0.5, 0.6) is 11.5 Å². The summed E-state index contributed by atoms with van der Waals surface area (Å²) in [5, 5.41) is 8.54. The Labute approximate surface area is 211 Å². The molecule has 2 aromatic carbocycles. The lowest BCUT2D eigenvalue weighted by molar-refractivity contribution is 0.323. The molecule has 1 aliphatic rings. The van der Waals surface area contributed by atoms with Crippen LogP contribution in [0.15, 0.2) is 46.9 Å². The monoisotopic (exact) mass is 526 g/mol. The summed E-state index contributed by atoms with van der Waals surface area (Å²) < 4.78 is 11.9. The van der Waals surface area contributed by atoms with Gasteiger partial charge in [-0.3, -0.25) is 0 Å². The maximum Gasteiger partial charge on any atom is 0.161 e. The van der Waals surface area contributed by atoms with Gasteiger partial charge in [-0.25, -0.2) is 4.98 Å². The average Bonchev–Trinajstić information content (AvgIpc) is 2.85. The van der Waals surface area contributed by atoms with E-state index in [2.05, 4.69) is 75.9 Å². The lowest BCUT2D eigenvalue weighted by Gasteiger charge is -2.30. The zero-order valence-corrected chi connectivity index (χ0v) is 22.1. The summed E-state index contributed by atoms with van der Waals surface area (Å²) in [7, 11) is 7.50. The number of ether oxygens (including phenoxy) is 2. The number of nitrogens with one attached hydrogen (secondary N) is 2. The molecule has 2 N–H and O–H groups in total. The van der Waals surface area contributed by atoms with Gasteiger partial charge in [0.05, 0.1) is 19.7 Å². The van der Waals surface area contributed by atoms with Crippen molar-refractivity contribution in [2.75, 3.05) is 45.1 Å². The van der Waals surface area contributed by atoms with Gasteiger partial charge in [-0.2, -0.15) is 0 Å². The van der Waals surface area contributed by atoms with Crippen molar-refractivity contribution in [1.29, 1.82) is 0 Å². The number of hydrogen-bond donors (Lipinski definition) is 2. The molecule has 7 heteroatoms. The van der Waals surface area contributed by atoms with Crippen LogP contribution in [-0.2, 0) is 6.54 Å². The Hall–Kier alpha value is -2.51. The molecular weight excluding hydrogens is 492 g/mol. The number of para-hydroxylation sites is 1. The number of nitrogens with zero attached hydrogens (tertiary/aromatic N) is 2. The minimum absolute atomic E-state index is 0.472. The Bertz CT molecular complexity index is 1110. The molecule has 1 saturated carbocycles. The van der Waals surface area contributed by atoms with Gasteiger partial charge >= 0.3 is 0 Å². The van der Waals surface area contributed by atoms with Crippen LogP contribution in [0.1, 0.15) is 31.2 Å². The highest BCUT2D eigenvalue weighted by Crippen LogP contribution is 2.34. The van der Waals surface area contributed by atoms with Crippen molar-refractivity contribution < 1.29 is 9.47 Å². The number of pyridine rings is 1. The first-order valence-electron chi connectivity index (χ1n) is 11.9. The number of methoxy groups -OCH3 is 2. The normalized spacial score (nSPS) is 18.0. The van der Waals surface area contributed by atoms with Crippen LogP contribution in [0.3, 0.4) is 0 Å². The van der Waals surface area contributed by atoms with Crippen molar-refractivity contribution in [3.05, 3.63) is 52.5 Å². The number of benzene rings is 2. The first-order valence-corrected chi connectivity index (χ1v) is 12.7. The molecular formula is C27H35BrN4O2. The molecule has 1 aliphatic carbocycles. The second-order valence-electron chi connectivity index (χ2n) is 9.23. The van der Waals surface area contributed by atoms with E-state index >= 15 is 0 Å². The van der Waals surface area contributed by atoms with Gasteiger partial charge in [0.25, 0.3) is 0 Å². The van der Waals surface area contributed by atoms with Crippen molar-refractivity contribution >= 4 is 38.3 Å². The molecule has 4 rings (SSSR count). The number of halogens is 1. The van der Waals surface area contributed by atoms with Crippen LogP contribution >= 0.6 is 15.9 Å². The van der Waals surface area contributed by atoms with E-state index in [0.717, 1.165) is 53.2 Å². The third-order valence-electron chi connectivity index (χ3n) is 6.68. The summed E-state index contributed by atoms with van der Waals surface area (Å²) in [4.78, 5) is 7.04. The Kier molecular flexibility index (Phi) is 8.16. The highest BCUT2D eigenvalue weighted by atomic mass is 79.9. The molecule has 3 aromatic rings. The molecule has 0 aliphatic heterocycles. The zero-order valence-electron chi connectivity index (χ0n) is 20.5. The van der Waals surface area contributed by atoms with Crippen LogP contribution in [0.25, 0.3) is 10.9 Å². The van der Waals surface area contributed by atoms with E-state index in [4.69, 9.17) is 14.5 Å². The van der Waals surface area contributed by atoms with Gasteiger partial charge in [-0.05, 0) is 61.9 Å².